The molecule has 0 aromatic heterocycles. The number of hydrogen-bond acceptors (Lipinski definition) is 11. The Balaban J connectivity index is 1.65. The number of nitrogens with zero attached hydrogens (tertiary/aromatic N) is 2. The van der Waals surface area contributed by atoms with E-state index in [1.165, 1.54) is 12.1 Å². The van der Waals surface area contributed by atoms with Crippen LogP contribution < -0.4 is 14.8 Å². The number of fused-ring (bicyclic) bond motifs is 2. The van der Waals surface area contributed by atoms with Crippen molar-refractivity contribution in [2.45, 2.75) is 82.4 Å². The summed E-state index contributed by atoms with van der Waals surface area (Å²) in [6.07, 6.45) is 8.71. The van der Waals surface area contributed by atoms with Gasteiger partial charge in [-0.05, 0) is 91.7 Å². The predicted molar refractivity (Wildman–Crippen MR) is 201 cm³/mol. The molecule has 2 aliphatic carbocycles. The van der Waals surface area contributed by atoms with Crippen LogP contribution in [0.4, 0.5) is 10.5 Å². The van der Waals surface area contributed by atoms with Crippen LogP contribution in [0.5, 0.6) is 11.5 Å². The summed E-state index contributed by atoms with van der Waals surface area (Å²) in [4.78, 5) is 29.3. The van der Waals surface area contributed by atoms with Gasteiger partial charge in [0, 0.05) is 49.8 Å². The van der Waals surface area contributed by atoms with E-state index in [0.717, 1.165) is 53.8 Å². The van der Waals surface area contributed by atoms with Crippen molar-refractivity contribution in [1.82, 2.24) is 5.32 Å². The molecule has 1 heterocycles. The number of nitro groups is 1. The number of oxime groups is 1. The summed E-state index contributed by atoms with van der Waals surface area (Å²) in [5.41, 5.74) is 3.46. The Bertz CT molecular complexity index is 1600. The number of aliphatic hydroxyl groups is 2. The first-order valence-electron chi connectivity index (χ1n) is 18.3. The summed E-state index contributed by atoms with van der Waals surface area (Å²) >= 11 is 1.75. The zero-order chi connectivity index (χ0) is 37.1. The molecule has 2 aromatic carbocycles. The van der Waals surface area contributed by atoms with E-state index in [4.69, 9.17) is 24.2 Å². The van der Waals surface area contributed by atoms with Crippen LogP contribution in [0.3, 0.4) is 0 Å². The third-order valence-corrected chi connectivity index (χ3v) is 11.3. The fourth-order valence-electron chi connectivity index (χ4n) is 7.93. The van der Waals surface area contributed by atoms with Gasteiger partial charge in [0.25, 0.3) is 5.69 Å². The van der Waals surface area contributed by atoms with Crippen LogP contribution in [-0.4, -0.2) is 70.1 Å². The molecule has 1 aliphatic heterocycles. The molecule has 52 heavy (non-hydrogen) atoms. The van der Waals surface area contributed by atoms with Gasteiger partial charge in [-0.1, -0.05) is 37.1 Å². The van der Waals surface area contributed by atoms with Gasteiger partial charge in [0.1, 0.15) is 18.1 Å². The first kappa shape index (κ1) is 39.3. The first-order chi connectivity index (χ1) is 25.3. The lowest BCUT2D eigenvalue weighted by atomic mass is 9.56. The maximum atomic E-state index is 12.5. The second-order valence-corrected chi connectivity index (χ2v) is 14.8. The average Bonchev–Trinajstić information content (AvgIpc) is 3.13. The van der Waals surface area contributed by atoms with Gasteiger partial charge in [0.2, 0.25) is 5.79 Å². The summed E-state index contributed by atoms with van der Waals surface area (Å²) in [7, 11) is 0. The van der Waals surface area contributed by atoms with Gasteiger partial charge in [-0.2, -0.15) is 11.8 Å². The molecule has 3 aliphatic rings. The van der Waals surface area contributed by atoms with Crippen molar-refractivity contribution in [2.24, 2.45) is 22.9 Å². The van der Waals surface area contributed by atoms with Gasteiger partial charge in [-0.3, -0.25) is 10.1 Å². The Morgan fingerprint density at radius 1 is 1.13 bits per heavy atom. The van der Waals surface area contributed by atoms with Gasteiger partial charge >= 0.3 is 6.09 Å². The molecule has 1 amide bonds. The minimum Gasteiger partial charge on any atom is -0.460 e. The van der Waals surface area contributed by atoms with Crippen LogP contribution in [0, 0.1) is 27.9 Å². The SMILES string of the molecule is C=CCOC12Oc3ccc(OC(=O)NCC)cc3C3C(CCCCO)C(CCCCO)C=C(C(=NOCc4ccc([N+](=O)[O-])cc4)CC1SCC)C32. The van der Waals surface area contributed by atoms with Crippen LogP contribution >= 0.6 is 11.8 Å². The van der Waals surface area contributed by atoms with Crippen molar-refractivity contribution in [3.63, 3.8) is 0 Å². The number of hydrogen-bond donors (Lipinski definition) is 3. The molecule has 3 N–H and O–H groups in total. The highest BCUT2D eigenvalue weighted by atomic mass is 32.2. The number of aliphatic hydroxyl groups excluding tert-OH is 2. The lowest BCUT2D eigenvalue weighted by molar-refractivity contribution is -0.384. The standard InChI is InChI=1S/C39H51N3O9S/c1-4-21-48-39-35(52-6-3)24-33(41-49-25-26-13-15-28(16-14-26)42(46)47)31-22-27(11-7-9-19-43)30(12-8-10-20-44)36(37(31)39)32-23-29(17-18-34(32)51-39)50-38(45)40-5-2/h4,13-18,22-23,27,30,35-37,43-44H,1,5-12,19-21,24-25H2,2-3H3,(H,40,45). The van der Waals surface area contributed by atoms with E-state index in [0.29, 0.717) is 37.3 Å². The van der Waals surface area contributed by atoms with Gasteiger partial charge in [-0.15, -0.1) is 6.58 Å². The fraction of sp³-hybridized carbons (Fsp3) is 0.538. The quantitative estimate of drug-likeness (QED) is 0.0578. The summed E-state index contributed by atoms with van der Waals surface area (Å²) in [6, 6.07) is 11.8. The van der Waals surface area contributed by atoms with Crippen molar-refractivity contribution < 1.29 is 39.0 Å². The van der Waals surface area contributed by atoms with Crippen molar-refractivity contribution in [3.05, 3.63) is 88.0 Å². The Morgan fingerprint density at radius 3 is 2.56 bits per heavy atom. The van der Waals surface area contributed by atoms with E-state index in [1.807, 2.05) is 19.1 Å². The molecule has 0 spiro atoms. The summed E-state index contributed by atoms with van der Waals surface area (Å²) in [5.74, 6) is 0.572. The van der Waals surface area contributed by atoms with E-state index in [-0.39, 0.29) is 61.0 Å². The Morgan fingerprint density at radius 2 is 1.88 bits per heavy atom. The molecular weight excluding hydrogens is 687 g/mol. The molecule has 1 saturated carbocycles. The van der Waals surface area contributed by atoms with E-state index < -0.39 is 16.8 Å². The second-order valence-electron chi connectivity index (χ2n) is 13.3. The summed E-state index contributed by atoms with van der Waals surface area (Å²) in [6.45, 7) is 8.94. The third-order valence-electron chi connectivity index (χ3n) is 10.1. The van der Waals surface area contributed by atoms with E-state index in [9.17, 15) is 25.1 Å². The predicted octanol–water partition coefficient (Wildman–Crippen LogP) is 7.29. The highest BCUT2D eigenvalue weighted by Gasteiger charge is 2.63. The molecule has 13 heteroatoms. The number of non-ortho nitro benzene ring substituents is 1. The number of amides is 1. The largest absolute Gasteiger partial charge is 0.460 e. The van der Waals surface area contributed by atoms with Crippen LogP contribution in [0.2, 0.25) is 0 Å². The van der Waals surface area contributed by atoms with Gasteiger partial charge in [0.15, 0.2) is 0 Å². The molecule has 0 saturated heterocycles. The highest BCUT2D eigenvalue weighted by Crippen LogP contribution is 2.62. The fourth-order valence-corrected chi connectivity index (χ4v) is 9.10. The number of nitrogens with one attached hydrogen (secondary N) is 1. The van der Waals surface area contributed by atoms with Gasteiger partial charge in [-0.25, -0.2) is 4.79 Å². The molecule has 282 valence electrons. The smallest absolute Gasteiger partial charge is 0.412 e. The zero-order valence-electron chi connectivity index (χ0n) is 30.0. The van der Waals surface area contributed by atoms with Crippen LogP contribution in [0.1, 0.15) is 75.8 Å². The van der Waals surface area contributed by atoms with Crippen LogP contribution in [0.25, 0.3) is 0 Å². The average molecular weight is 738 g/mol. The van der Waals surface area contributed by atoms with E-state index in [2.05, 4.69) is 24.9 Å². The maximum Gasteiger partial charge on any atom is 0.412 e. The Hall–Kier alpha value is -3.91. The summed E-state index contributed by atoms with van der Waals surface area (Å²) < 4.78 is 19.6. The minimum absolute atomic E-state index is 0.00829. The third kappa shape index (κ3) is 8.82. The maximum absolute atomic E-state index is 12.5. The molecule has 12 nitrogen and oxygen atoms in total. The van der Waals surface area contributed by atoms with Crippen LogP contribution in [-0.2, 0) is 16.2 Å². The topological polar surface area (TPSA) is 162 Å². The Kier molecular flexibility index (Phi) is 14.2. The minimum atomic E-state index is -1.08. The second kappa shape index (κ2) is 18.7. The number of benzene rings is 2. The first-order valence-corrected chi connectivity index (χ1v) is 19.4. The number of thioether (sulfide) groups is 1. The molecular formula is C39H51N3O9S. The molecule has 1 fully saturated rings. The van der Waals surface area contributed by atoms with Crippen molar-refractivity contribution in [2.75, 3.05) is 32.1 Å². The molecule has 6 atom stereocenters. The monoisotopic (exact) mass is 737 g/mol. The van der Waals surface area contributed by atoms with Crippen molar-refractivity contribution in [1.29, 1.82) is 0 Å². The highest BCUT2D eigenvalue weighted by molar-refractivity contribution is 8.00. The number of rotatable bonds is 19. The number of carbonyl (C=O) groups excluding carboxylic acids is 1. The number of unbranched alkanes of at least 4 members (excludes halogenated alkanes) is 2. The zero-order valence-corrected chi connectivity index (χ0v) is 30.9. The molecule has 5 rings (SSSR count). The number of ether oxygens (including phenoxy) is 3. The normalized spacial score (nSPS) is 25.3. The Labute approximate surface area is 309 Å². The van der Waals surface area contributed by atoms with Crippen molar-refractivity contribution >= 4 is 29.3 Å². The number of allylic oxidation sites excluding steroid dienone is 1. The lowest BCUT2D eigenvalue weighted by Crippen LogP contribution is -2.64. The van der Waals surface area contributed by atoms with Crippen molar-refractivity contribution in [3.8, 4) is 11.5 Å². The summed E-state index contributed by atoms with van der Waals surface area (Å²) in [5, 5.41) is 38.0. The van der Waals surface area contributed by atoms with Gasteiger partial charge in [0.05, 0.1) is 28.4 Å². The molecule has 2 aromatic rings. The van der Waals surface area contributed by atoms with Crippen LogP contribution in [0.15, 0.2) is 71.9 Å². The van der Waals surface area contributed by atoms with E-state index >= 15 is 0 Å². The molecule has 6 unspecified atom stereocenters. The van der Waals surface area contributed by atoms with Gasteiger partial charge < -0.3 is 34.6 Å². The number of nitro benzene ring substituents is 1. The number of carbonyl (C=O) groups is 1. The molecule has 0 radical (unpaired) electrons. The molecule has 0 bridgehead atoms. The van der Waals surface area contributed by atoms with E-state index in [1.54, 1.807) is 36.0 Å². The lowest BCUT2D eigenvalue weighted by Gasteiger charge is -2.58.